The molecule has 1 fully saturated rings. The van der Waals surface area contributed by atoms with Crippen molar-refractivity contribution in [1.29, 1.82) is 0 Å². The Hall–Kier alpha value is -6.57. The third-order valence-electron chi connectivity index (χ3n) is 13.7. The van der Waals surface area contributed by atoms with Gasteiger partial charge in [0.15, 0.2) is 10.9 Å². The third kappa shape index (κ3) is 11.5. The number of aromatic nitrogens is 5. The number of benzene rings is 2. The number of halogens is 2. The molecule has 0 atom stereocenters. The van der Waals surface area contributed by atoms with E-state index in [-0.39, 0.29) is 50.7 Å². The number of alkyl halides is 2. The summed E-state index contributed by atoms with van der Waals surface area (Å²) in [5.74, 6) is 0.164. The van der Waals surface area contributed by atoms with Crippen molar-refractivity contribution in [3.05, 3.63) is 92.5 Å². The maximum atomic E-state index is 14.7. The summed E-state index contributed by atoms with van der Waals surface area (Å²) < 4.78 is 33.2. The summed E-state index contributed by atoms with van der Waals surface area (Å²) in [5, 5.41) is 26.1. The van der Waals surface area contributed by atoms with Crippen molar-refractivity contribution in [2.24, 2.45) is 7.05 Å². The fourth-order valence-corrected chi connectivity index (χ4v) is 10.8. The highest BCUT2D eigenvalue weighted by Crippen LogP contribution is 2.44. The normalized spacial score (nSPS) is 15.0. The zero-order valence-corrected chi connectivity index (χ0v) is 40.9. The number of carbonyl (C=O) groups is 4. The van der Waals surface area contributed by atoms with E-state index in [2.05, 4.69) is 30.3 Å². The molecule has 2 aromatic carbocycles. The van der Waals surface area contributed by atoms with Crippen LogP contribution in [0.15, 0.2) is 48.8 Å². The molecule has 0 aliphatic carbocycles. The summed E-state index contributed by atoms with van der Waals surface area (Å²) in [5.41, 5.74) is 5.66. The lowest BCUT2D eigenvalue weighted by Crippen LogP contribution is -2.40. The first-order chi connectivity index (χ1) is 33.7. The van der Waals surface area contributed by atoms with Crippen LogP contribution in [0.3, 0.4) is 0 Å². The summed E-state index contributed by atoms with van der Waals surface area (Å²) >= 11 is 0.778. The highest BCUT2D eigenvalue weighted by Gasteiger charge is 2.35. The van der Waals surface area contributed by atoms with Crippen molar-refractivity contribution in [2.75, 3.05) is 41.7 Å². The Balaban J connectivity index is 0.766. The van der Waals surface area contributed by atoms with E-state index in [1.165, 1.54) is 6.92 Å². The van der Waals surface area contributed by atoms with Gasteiger partial charge < -0.3 is 20.0 Å². The number of nitro groups is 1. The molecule has 4 amide bonds. The largest absolute Gasteiger partial charge is 0.348 e. The SMILES string of the molecule is CC(=O)N1CCc2c(c(N3CCCc4cc(-c5cnn(C)c5)c(C(F)F)cc43)nn2C2CCN(C(=O)CCCCCCCCCCC(=O)Nc3ccccc3C(=O)Nc3nc(C)c([N+](=O)[O-])s3)CC2)C1. The third-order valence-corrected chi connectivity index (χ3v) is 14.7. The number of para-hydroxylation sites is 1. The second kappa shape index (κ2) is 22.5. The first-order valence-corrected chi connectivity index (χ1v) is 25.2. The monoisotopic (exact) mass is 981 g/mol. The van der Waals surface area contributed by atoms with Gasteiger partial charge in [0.05, 0.1) is 35.0 Å². The van der Waals surface area contributed by atoms with Gasteiger partial charge in [-0.15, -0.1) is 0 Å². The molecule has 3 aliphatic rings. The molecule has 1 saturated heterocycles. The number of aryl methyl sites for hydroxylation is 3. The van der Waals surface area contributed by atoms with Crippen molar-refractivity contribution >= 4 is 62.3 Å². The van der Waals surface area contributed by atoms with Crippen LogP contribution in [0.1, 0.15) is 141 Å². The molecule has 8 rings (SSSR count). The number of nitrogens with zero attached hydrogens (tertiary/aromatic N) is 9. The van der Waals surface area contributed by atoms with Crippen LogP contribution in [-0.4, -0.2) is 89.1 Å². The van der Waals surface area contributed by atoms with Gasteiger partial charge in [0.1, 0.15) is 5.69 Å². The Kier molecular flexibility index (Phi) is 16.0. The van der Waals surface area contributed by atoms with E-state index in [4.69, 9.17) is 5.10 Å². The van der Waals surface area contributed by atoms with Crippen LogP contribution in [0.4, 0.5) is 36.1 Å². The number of nitrogens with one attached hydrogen (secondary N) is 2. The summed E-state index contributed by atoms with van der Waals surface area (Å²) in [6.07, 6.45) is 12.8. The molecule has 3 aromatic heterocycles. The minimum atomic E-state index is -2.68. The Morgan fingerprint density at radius 1 is 0.914 bits per heavy atom. The van der Waals surface area contributed by atoms with Gasteiger partial charge in [-0.3, -0.25) is 44.0 Å². The zero-order chi connectivity index (χ0) is 49.5. The van der Waals surface area contributed by atoms with Crippen LogP contribution in [0.5, 0.6) is 0 Å². The van der Waals surface area contributed by atoms with Gasteiger partial charge in [0.25, 0.3) is 12.3 Å². The Morgan fingerprint density at radius 3 is 2.30 bits per heavy atom. The zero-order valence-electron chi connectivity index (χ0n) is 40.1. The maximum absolute atomic E-state index is 14.7. The molecule has 0 spiro atoms. The van der Waals surface area contributed by atoms with Crippen LogP contribution < -0.4 is 15.5 Å². The minimum Gasteiger partial charge on any atom is -0.343 e. The van der Waals surface area contributed by atoms with E-state index in [1.807, 2.05) is 15.9 Å². The molecule has 2 N–H and O–H groups in total. The topological polar surface area (TPSA) is 194 Å². The maximum Gasteiger partial charge on any atom is 0.348 e. The average molecular weight is 982 g/mol. The molecule has 0 unspecified atom stereocenters. The van der Waals surface area contributed by atoms with Crippen molar-refractivity contribution in [3.8, 4) is 11.1 Å². The minimum absolute atomic E-state index is 0.0127. The highest BCUT2D eigenvalue weighted by atomic mass is 32.1. The Bertz CT molecular complexity index is 2730. The number of unbranched alkanes of at least 4 members (excludes halogenated alkanes) is 7. The van der Waals surface area contributed by atoms with Gasteiger partial charge in [-0.25, -0.2) is 13.8 Å². The quantitative estimate of drug-likeness (QED) is 0.0457. The Morgan fingerprint density at radius 2 is 1.63 bits per heavy atom. The van der Waals surface area contributed by atoms with Crippen LogP contribution in [0, 0.1) is 17.0 Å². The van der Waals surface area contributed by atoms with Gasteiger partial charge in [-0.05, 0) is 92.2 Å². The van der Waals surface area contributed by atoms with E-state index in [9.17, 15) is 38.1 Å². The number of amides is 4. The van der Waals surface area contributed by atoms with Crippen molar-refractivity contribution in [1.82, 2.24) is 34.3 Å². The number of rotatable bonds is 19. The highest BCUT2D eigenvalue weighted by molar-refractivity contribution is 7.19. The van der Waals surface area contributed by atoms with Crippen molar-refractivity contribution in [3.63, 3.8) is 0 Å². The Labute approximate surface area is 409 Å². The van der Waals surface area contributed by atoms with E-state index in [1.54, 1.807) is 61.4 Å². The van der Waals surface area contributed by atoms with E-state index in [0.29, 0.717) is 75.2 Å². The molecular weight excluding hydrogens is 921 g/mol. The number of likely N-dealkylation sites (tertiary alicyclic amines) is 1. The number of anilines is 4. The predicted molar refractivity (Wildman–Crippen MR) is 264 cm³/mol. The van der Waals surface area contributed by atoms with Crippen LogP contribution in [0.2, 0.25) is 0 Å². The molecule has 17 nitrogen and oxygen atoms in total. The molecule has 5 aromatic rings. The second-order valence-corrected chi connectivity index (χ2v) is 19.5. The molecule has 0 radical (unpaired) electrons. The fourth-order valence-electron chi connectivity index (χ4n) is 9.99. The van der Waals surface area contributed by atoms with Gasteiger partial charge in [-0.1, -0.05) is 50.7 Å². The number of carbonyl (C=O) groups excluding carboxylic acids is 4. The predicted octanol–water partition coefficient (Wildman–Crippen LogP) is 9.84. The lowest BCUT2D eigenvalue weighted by atomic mass is 9.92. The lowest BCUT2D eigenvalue weighted by molar-refractivity contribution is -0.380. The molecule has 0 saturated carbocycles. The lowest BCUT2D eigenvalue weighted by Gasteiger charge is -2.34. The van der Waals surface area contributed by atoms with Gasteiger partial charge in [-0.2, -0.15) is 10.2 Å². The first kappa shape index (κ1) is 49.8. The molecule has 0 bridgehead atoms. The van der Waals surface area contributed by atoms with E-state index >= 15 is 0 Å². The molecule has 70 heavy (non-hydrogen) atoms. The number of thiazole rings is 1. The summed E-state index contributed by atoms with van der Waals surface area (Å²) in [4.78, 5) is 72.3. The molecule has 6 heterocycles. The summed E-state index contributed by atoms with van der Waals surface area (Å²) in [7, 11) is 1.77. The molecule has 20 heteroatoms. The molecule has 3 aliphatic heterocycles. The molecular formula is C50H61F2N11O6S. The van der Waals surface area contributed by atoms with Crippen LogP contribution in [-0.2, 0) is 40.8 Å². The van der Waals surface area contributed by atoms with Crippen LogP contribution >= 0.6 is 11.3 Å². The number of piperidine rings is 1. The average Bonchev–Trinajstić information content (AvgIpc) is 4.07. The summed E-state index contributed by atoms with van der Waals surface area (Å²) in [6.45, 7) is 5.96. The van der Waals surface area contributed by atoms with Crippen molar-refractivity contribution < 1.29 is 32.9 Å². The van der Waals surface area contributed by atoms with Crippen molar-refractivity contribution in [2.45, 2.75) is 129 Å². The van der Waals surface area contributed by atoms with E-state index < -0.39 is 17.3 Å². The van der Waals surface area contributed by atoms with E-state index in [0.717, 1.165) is 110 Å². The summed E-state index contributed by atoms with van der Waals surface area (Å²) in [6, 6.07) is 10.2. The van der Waals surface area contributed by atoms with Gasteiger partial charge in [0.2, 0.25) is 17.7 Å². The van der Waals surface area contributed by atoms with Gasteiger partial charge in [0, 0.05) is 93.7 Å². The fraction of sp³-hybridized carbons (Fsp3) is 0.500. The standard InChI is InChI=1S/C50H61F2N11O6S/c1-32-49(63(68)69)70-50(54-32)56-48(67)37-16-12-13-17-41(37)55-44(65)18-10-8-6-4-5-7-9-11-19-45(66)59-24-20-36(21-25-59)62-42-22-26-60(33(2)64)31-40(42)47(57-62)61-23-14-15-34-27-38(35-29-53-58(3)30-35)39(46(51)52)28-43(34)61/h12-13,16-17,27-30,36,46H,4-11,14-15,18-26,31H2,1-3H3,(H,55,65)(H,54,56,67). The van der Waals surface area contributed by atoms with Crippen LogP contribution in [0.25, 0.3) is 11.1 Å². The second-order valence-electron chi connectivity index (χ2n) is 18.6. The van der Waals surface area contributed by atoms with Gasteiger partial charge >= 0.3 is 5.00 Å². The number of hydrogen-bond donors (Lipinski definition) is 2. The number of fused-ring (bicyclic) bond motifs is 2. The smallest absolute Gasteiger partial charge is 0.343 e. The first-order valence-electron chi connectivity index (χ1n) is 24.4. The number of hydrogen-bond acceptors (Lipinski definition) is 11. The molecule has 372 valence electrons.